The van der Waals surface area contributed by atoms with Crippen LogP contribution in [-0.2, 0) is 0 Å². The van der Waals surface area contributed by atoms with Crippen molar-refractivity contribution in [1.29, 1.82) is 5.26 Å². The summed E-state index contributed by atoms with van der Waals surface area (Å²) < 4.78 is 0. The molecular formula is C13H16N2O2. The average molecular weight is 232 g/mol. The van der Waals surface area contributed by atoms with Crippen molar-refractivity contribution in [3.8, 4) is 6.07 Å². The fourth-order valence-electron chi connectivity index (χ4n) is 1.69. The molecule has 0 aromatic heterocycles. The lowest BCUT2D eigenvalue weighted by molar-refractivity contribution is 0.0697. The summed E-state index contributed by atoms with van der Waals surface area (Å²) in [5.41, 5.74) is 1.92. The fraction of sp³-hybridized carbons (Fsp3) is 0.385. The van der Waals surface area contributed by atoms with Crippen LogP contribution < -0.4 is 4.90 Å². The van der Waals surface area contributed by atoms with Crippen molar-refractivity contribution in [2.24, 2.45) is 5.92 Å². The number of nitrogens with zero attached hydrogens (tertiary/aromatic N) is 2. The third kappa shape index (κ3) is 3.22. The van der Waals surface area contributed by atoms with Gasteiger partial charge in [0.25, 0.3) is 0 Å². The minimum Gasteiger partial charge on any atom is -0.478 e. The van der Waals surface area contributed by atoms with Crippen molar-refractivity contribution in [3.05, 3.63) is 29.3 Å². The molecule has 1 unspecified atom stereocenters. The van der Waals surface area contributed by atoms with Crippen LogP contribution in [0.1, 0.15) is 22.8 Å². The second-order valence-corrected chi connectivity index (χ2v) is 4.24. The van der Waals surface area contributed by atoms with Gasteiger partial charge in [-0.15, -0.1) is 0 Å². The lowest BCUT2D eigenvalue weighted by Gasteiger charge is -2.22. The van der Waals surface area contributed by atoms with Crippen LogP contribution in [-0.4, -0.2) is 24.7 Å². The van der Waals surface area contributed by atoms with E-state index in [1.807, 2.05) is 24.8 Å². The highest BCUT2D eigenvalue weighted by molar-refractivity contribution is 5.94. The molecule has 1 rings (SSSR count). The molecule has 90 valence electrons. The molecule has 0 aliphatic carbocycles. The van der Waals surface area contributed by atoms with Gasteiger partial charge >= 0.3 is 5.97 Å². The predicted molar refractivity (Wildman–Crippen MR) is 66.2 cm³/mol. The lowest BCUT2D eigenvalue weighted by Crippen LogP contribution is -2.25. The minimum atomic E-state index is -0.948. The largest absolute Gasteiger partial charge is 0.478 e. The van der Waals surface area contributed by atoms with Crippen molar-refractivity contribution < 1.29 is 9.90 Å². The number of aromatic carboxylic acids is 1. The Morgan fingerprint density at radius 3 is 2.76 bits per heavy atom. The van der Waals surface area contributed by atoms with Gasteiger partial charge in [-0.2, -0.15) is 5.26 Å². The summed E-state index contributed by atoms with van der Waals surface area (Å²) in [7, 11) is 1.80. The molecule has 0 saturated heterocycles. The molecule has 0 saturated carbocycles. The maximum Gasteiger partial charge on any atom is 0.337 e. The molecule has 1 aromatic rings. The number of carbonyl (C=O) groups is 1. The molecular weight excluding hydrogens is 216 g/mol. The van der Waals surface area contributed by atoms with E-state index in [0.717, 1.165) is 5.56 Å². The van der Waals surface area contributed by atoms with Gasteiger partial charge in [0.15, 0.2) is 0 Å². The van der Waals surface area contributed by atoms with Crippen molar-refractivity contribution in [3.63, 3.8) is 0 Å². The van der Waals surface area contributed by atoms with Gasteiger partial charge in [-0.25, -0.2) is 4.79 Å². The van der Waals surface area contributed by atoms with E-state index in [1.54, 1.807) is 19.2 Å². The van der Waals surface area contributed by atoms with Crippen molar-refractivity contribution in [2.45, 2.75) is 13.8 Å². The highest BCUT2D eigenvalue weighted by atomic mass is 16.4. The van der Waals surface area contributed by atoms with Gasteiger partial charge in [0.2, 0.25) is 0 Å². The molecule has 4 nitrogen and oxygen atoms in total. The van der Waals surface area contributed by atoms with E-state index in [-0.39, 0.29) is 11.5 Å². The third-order valence-corrected chi connectivity index (χ3v) is 2.56. The highest BCUT2D eigenvalue weighted by Crippen LogP contribution is 2.22. The Morgan fingerprint density at radius 1 is 1.59 bits per heavy atom. The van der Waals surface area contributed by atoms with Gasteiger partial charge in [-0.05, 0) is 31.5 Å². The standard InChI is InChI=1S/C13H16N2O2/c1-9-4-5-11(13(16)17)12(6-9)15(3)8-10(2)7-14/h4-6,10H,8H2,1-3H3,(H,16,17). The average Bonchev–Trinajstić information content (AvgIpc) is 2.28. The number of aryl methyl sites for hydroxylation is 1. The Hall–Kier alpha value is -2.02. The van der Waals surface area contributed by atoms with E-state index >= 15 is 0 Å². The monoisotopic (exact) mass is 232 g/mol. The molecule has 0 bridgehead atoms. The summed E-state index contributed by atoms with van der Waals surface area (Å²) in [6.07, 6.45) is 0. The fourth-order valence-corrected chi connectivity index (χ4v) is 1.69. The van der Waals surface area contributed by atoms with Crippen LogP contribution in [0.15, 0.2) is 18.2 Å². The van der Waals surface area contributed by atoms with Crippen LogP contribution in [0.4, 0.5) is 5.69 Å². The number of hydrogen-bond acceptors (Lipinski definition) is 3. The first-order chi connectivity index (χ1) is 7.95. The number of nitriles is 1. The number of hydrogen-bond donors (Lipinski definition) is 1. The molecule has 0 heterocycles. The van der Waals surface area contributed by atoms with E-state index in [9.17, 15) is 4.79 Å². The first-order valence-electron chi connectivity index (χ1n) is 5.40. The number of carboxylic acids is 1. The van der Waals surface area contributed by atoms with Gasteiger partial charge in [-0.1, -0.05) is 6.07 Å². The van der Waals surface area contributed by atoms with Crippen molar-refractivity contribution in [2.75, 3.05) is 18.5 Å². The van der Waals surface area contributed by atoms with E-state index in [4.69, 9.17) is 10.4 Å². The molecule has 17 heavy (non-hydrogen) atoms. The molecule has 4 heteroatoms. The van der Waals surface area contributed by atoms with Crippen LogP contribution in [0.5, 0.6) is 0 Å². The van der Waals surface area contributed by atoms with Crippen molar-refractivity contribution in [1.82, 2.24) is 0 Å². The first kappa shape index (κ1) is 13.0. The van der Waals surface area contributed by atoms with E-state index in [1.165, 1.54) is 0 Å². The Morgan fingerprint density at radius 2 is 2.24 bits per heavy atom. The quantitative estimate of drug-likeness (QED) is 0.865. The zero-order valence-electron chi connectivity index (χ0n) is 10.3. The summed E-state index contributed by atoms with van der Waals surface area (Å²) in [6, 6.07) is 7.34. The molecule has 0 fully saturated rings. The number of anilines is 1. The molecule has 0 aliphatic heterocycles. The third-order valence-electron chi connectivity index (χ3n) is 2.56. The molecule has 0 spiro atoms. The zero-order valence-corrected chi connectivity index (χ0v) is 10.3. The zero-order chi connectivity index (χ0) is 13.0. The Labute approximate surface area is 101 Å². The smallest absolute Gasteiger partial charge is 0.337 e. The first-order valence-corrected chi connectivity index (χ1v) is 5.40. The highest BCUT2D eigenvalue weighted by Gasteiger charge is 2.15. The van der Waals surface area contributed by atoms with Gasteiger partial charge in [0, 0.05) is 13.6 Å². The van der Waals surface area contributed by atoms with Gasteiger partial charge in [0.05, 0.1) is 23.2 Å². The number of benzene rings is 1. The molecule has 1 N–H and O–H groups in total. The summed E-state index contributed by atoms with van der Waals surface area (Å²) in [5.74, 6) is -1.08. The maximum absolute atomic E-state index is 11.1. The van der Waals surface area contributed by atoms with Gasteiger partial charge in [0.1, 0.15) is 0 Å². The van der Waals surface area contributed by atoms with E-state index in [0.29, 0.717) is 12.2 Å². The van der Waals surface area contributed by atoms with E-state index in [2.05, 4.69) is 6.07 Å². The van der Waals surface area contributed by atoms with Crippen LogP contribution in [0.2, 0.25) is 0 Å². The van der Waals surface area contributed by atoms with Crippen molar-refractivity contribution >= 4 is 11.7 Å². The number of rotatable bonds is 4. The molecule has 0 amide bonds. The van der Waals surface area contributed by atoms with Crippen LogP contribution in [0.25, 0.3) is 0 Å². The Balaban J connectivity index is 3.07. The van der Waals surface area contributed by atoms with Crippen LogP contribution in [0, 0.1) is 24.2 Å². The summed E-state index contributed by atoms with van der Waals surface area (Å²) >= 11 is 0. The summed E-state index contributed by atoms with van der Waals surface area (Å²) in [6.45, 7) is 4.24. The van der Waals surface area contributed by atoms with E-state index < -0.39 is 5.97 Å². The minimum absolute atomic E-state index is 0.137. The van der Waals surface area contributed by atoms with Gasteiger partial charge in [-0.3, -0.25) is 0 Å². The van der Waals surface area contributed by atoms with Gasteiger partial charge < -0.3 is 10.0 Å². The van der Waals surface area contributed by atoms with Crippen LogP contribution >= 0.6 is 0 Å². The Kier molecular flexibility index (Phi) is 4.11. The molecule has 0 aliphatic rings. The maximum atomic E-state index is 11.1. The number of carboxylic acid groups (broad SMARTS) is 1. The second kappa shape index (κ2) is 5.35. The lowest BCUT2D eigenvalue weighted by atomic mass is 10.1. The Bertz CT molecular complexity index is 463. The SMILES string of the molecule is Cc1ccc(C(=O)O)c(N(C)CC(C)C#N)c1. The molecule has 0 radical (unpaired) electrons. The van der Waals surface area contributed by atoms with Crippen LogP contribution in [0.3, 0.4) is 0 Å². The second-order valence-electron chi connectivity index (χ2n) is 4.24. The molecule has 1 aromatic carbocycles. The summed E-state index contributed by atoms with van der Waals surface area (Å²) in [4.78, 5) is 12.9. The topological polar surface area (TPSA) is 64.3 Å². The molecule has 1 atom stereocenters. The normalized spacial score (nSPS) is 11.6. The summed E-state index contributed by atoms with van der Waals surface area (Å²) in [5, 5.41) is 17.9. The predicted octanol–water partition coefficient (Wildman–Crippen LogP) is 2.29.